The van der Waals surface area contributed by atoms with E-state index in [1.807, 2.05) is 0 Å². The molecule has 1 aromatic rings. The molecule has 3 heterocycles. The Balaban J connectivity index is 1.61. The molecule has 0 bridgehead atoms. The minimum absolute atomic E-state index is 0.0164. The van der Waals surface area contributed by atoms with Gasteiger partial charge in [0.1, 0.15) is 23.6 Å². The fourth-order valence-corrected chi connectivity index (χ4v) is 5.57. The molecular formula is C16H22F2N3O8PS. The smallest absolute Gasteiger partial charge is 0.416 e. The van der Waals surface area contributed by atoms with Crippen molar-refractivity contribution in [2.24, 2.45) is 5.92 Å². The van der Waals surface area contributed by atoms with Crippen LogP contribution in [0.4, 0.5) is 14.6 Å². The first-order valence-corrected chi connectivity index (χ1v) is 12.2. The molecule has 2 aliphatic heterocycles. The predicted octanol–water partition coefficient (Wildman–Crippen LogP) is 2.14. The number of nitrogens with zero attached hydrogens (tertiary/aromatic N) is 2. The summed E-state index contributed by atoms with van der Waals surface area (Å²) in [5, 5.41) is 0. The number of hydrogen-bond donors (Lipinski definition) is 1. The van der Waals surface area contributed by atoms with Crippen molar-refractivity contribution >= 4 is 30.2 Å². The zero-order valence-corrected chi connectivity index (χ0v) is 18.4. The number of alkyl halides is 2. The van der Waals surface area contributed by atoms with Crippen molar-refractivity contribution < 1.29 is 40.8 Å². The van der Waals surface area contributed by atoms with Crippen molar-refractivity contribution in [3.8, 4) is 0 Å². The summed E-state index contributed by atoms with van der Waals surface area (Å²) in [5.74, 6) is -4.71. The van der Waals surface area contributed by atoms with Gasteiger partial charge in [0.05, 0.1) is 25.7 Å². The van der Waals surface area contributed by atoms with Gasteiger partial charge in [-0.3, -0.25) is 18.4 Å². The van der Waals surface area contributed by atoms with Crippen LogP contribution in [0.1, 0.15) is 26.5 Å². The second-order valence-electron chi connectivity index (χ2n) is 6.85. The summed E-state index contributed by atoms with van der Waals surface area (Å²) in [4.78, 5) is 26.9. The standard InChI is InChI=1S/C16H22F2N3O8PS/c1-3-25-13(22)9(2)5-7-27-31-30(24)26-8-10-12(29-30)16(17,18)14(28-10)21-6-4-11(19)20-15(21)23/h4,6,9-10,12,14H,3,5,7-8H2,1-2H3,(H2,19,20,23)/t9-,10-,12-,14-,30?/m1/s1. The van der Waals surface area contributed by atoms with Crippen LogP contribution in [0.3, 0.4) is 0 Å². The van der Waals surface area contributed by atoms with Gasteiger partial charge in [0.25, 0.3) is 0 Å². The highest BCUT2D eigenvalue weighted by atomic mass is 32.7. The Morgan fingerprint density at radius 3 is 2.97 bits per heavy atom. The van der Waals surface area contributed by atoms with Gasteiger partial charge in [-0.2, -0.15) is 13.8 Å². The molecule has 15 heteroatoms. The van der Waals surface area contributed by atoms with E-state index in [1.54, 1.807) is 13.8 Å². The van der Waals surface area contributed by atoms with Crippen LogP contribution in [0.15, 0.2) is 17.1 Å². The van der Waals surface area contributed by atoms with Gasteiger partial charge in [0.2, 0.25) is 6.23 Å². The maximum Gasteiger partial charge on any atom is 0.416 e. The van der Waals surface area contributed by atoms with Crippen molar-refractivity contribution in [2.75, 3.05) is 25.6 Å². The summed E-state index contributed by atoms with van der Waals surface area (Å²) < 4.78 is 68.7. The SMILES string of the molecule is CCOC(=O)[C@H](C)CCOSP1(=O)OC[C@H]2O[C@@H](n3ccc(N)nc3=O)C(F)(F)[C@@H]2O1. The Hall–Kier alpha value is -1.57. The first-order chi connectivity index (χ1) is 14.6. The van der Waals surface area contributed by atoms with Crippen LogP contribution < -0.4 is 11.4 Å². The highest BCUT2D eigenvalue weighted by Gasteiger charge is 2.65. The van der Waals surface area contributed by atoms with E-state index >= 15 is 0 Å². The molecule has 2 N–H and O–H groups in total. The summed E-state index contributed by atoms with van der Waals surface area (Å²) in [6, 6.07) is 1.17. The molecule has 11 nitrogen and oxygen atoms in total. The predicted molar refractivity (Wildman–Crippen MR) is 104 cm³/mol. The Morgan fingerprint density at radius 1 is 1.55 bits per heavy atom. The number of fused-ring (bicyclic) bond motifs is 1. The number of aromatic nitrogens is 2. The van der Waals surface area contributed by atoms with Crippen molar-refractivity contribution in [3.63, 3.8) is 0 Å². The van der Waals surface area contributed by atoms with Gasteiger partial charge in [-0.25, -0.2) is 9.36 Å². The number of carbonyl (C=O) groups is 1. The van der Waals surface area contributed by atoms with Crippen LogP contribution >= 0.6 is 18.5 Å². The first kappa shape index (κ1) is 24.1. The van der Waals surface area contributed by atoms with E-state index in [0.29, 0.717) is 16.2 Å². The Kier molecular flexibility index (Phi) is 7.39. The van der Waals surface area contributed by atoms with Gasteiger partial charge >= 0.3 is 24.4 Å². The first-order valence-electron chi connectivity index (χ1n) is 9.36. The lowest BCUT2D eigenvalue weighted by atomic mass is 10.1. The Labute approximate surface area is 180 Å². The van der Waals surface area contributed by atoms with E-state index in [0.717, 1.165) is 6.20 Å². The number of hydrogen-bond acceptors (Lipinski definition) is 11. The molecule has 0 aliphatic carbocycles. The van der Waals surface area contributed by atoms with Crippen LogP contribution in [0.25, 0.3) is 0 Å². The lowest BCUT2D eigenvalue weighted by Gasteiger charge is -2.31. The number of ether oxygens (including phenoxy) is 2. The number of anilines is 1. The number of rotatable bonds is 8. The largest absolute Gasteiger partial charge is 0.466 e. The zero-order valence-electron chi connectivity index (χ0n) is 16.6. The van der Waals surface area contributed by atoms with E-state index in [9.17, 15) is 22.9 Å². The van der Waals surface area contributed by atoms with E-state index in [4.69, 9.17) is 28.4 Å². The average Bonchev–Trinajstić information content (AvgIpc) is 2.95. The number of nitrogen functional groups attached to an aromatic ring is 1. The summed E-state index contributed by atoms with van der Waals surface area (Å²) in [6.45, 7) is -1.01. The second-order valence-corrected chi connectivity index (χ2v) is 10.4. The molecule has 0 spiro atoms. The molecule has 31 heavy (non-hydrogen) atoms. The van der Waals surface area contributed by atoms with Gasteiger partial charge in [0, 0.05) is 6.20 Å². The molecule has 1 aromatic heterocycles. The molecule has 2 aliphatic rings. The van der Waals surface area contributed by atoms with Gasteiger partial charge in [0.15, 0.2) is 6.10 Å². The topological polar surface area (TPSA) is 141 Å². The molecular weight excluding hydrogens is 463 g/mol. The van der Waals surface area contributed by atoms with Crippen molar-refractivity contribution in [1.29, 1.82) is 0 Å². The molecule has 174 valence electrons. The Morgan fingerprint density at radius 2 is 2.29 bits per heavy atom. The number of carbonyl (C=O) groups excluding carboxylic acids is 1. The minimum Gasteiger partial charge on any atom is -0.466 e. The van der Waals surface area contributed by atoms with Gasteiger partial charge in [-0.05, 0) is 19.4 Å². The van der Waals surface area contributed by atoms with Gasteiger partial charge in [-0.1, -0.05) is 6.92 Å². The fourth-order valence-electron chi connectivity index (χ4n) is 2.94. The quantitative estimate of drug-likeness (QED) is 0.250. The number of halogens is 2. The van der Waals surface area contributed by atoms with Crippen LogP contribution in [0.5, 0.6) is 0 Å². The van der Waals surface area contributed by atoms with Gasteiger partial charge < -0.3 is 19.4 Å². The molecule has 0 amide bonds. The van der Waals surface area contributed by atoms with E-state index < -0.39 is 55.3 Å². The third-order valence-corrected chi connectivity index (χ3v) is 7.40. The Bertz CT molecular complexity index is 919. The van der Waals surface area contributed by atoms with Crippen LogP contribution in [0, 0.1) is 5.92 Å². The summed E-state index contributed by atoms with van der Waals surface area (Å²) in [7, 11) is 0. The van der Waals surface area contributed by atoms with Crippen molar-refractivity contribution in [2.45, 2.75) is 44.6 Å². The molecule has 3 rings (SSSR count). The van der Waals surface area contributed by atoms with Crippen LogP contribution in [-0.2, 0) is 32.1 Å². The van der Waals surface area contributed by atoms with E-state index in [1.165, 1.54) is 6.07 Å². The van der Waals surface area contributed by atoms with Gasteiger partial charge in [-0.15, -0.1) is 0 Å². The van der Waals surface area contributed by atoms with E-state index in [2.05, 4.69) is 4.98 Å². The van der Waals surface area contributed by atoms with Crippen LogP contribution in [-0.4, -0.2) is 53.5 Å². The average molecular weight is 485 g/mol. The maximum absolute atomic E-state index is 15.0. The molecule has 0 saturated carbocycles. The van der Waals surface area contributed by atoms with E-state index in [-0.39, 0.29) is 25.5 Å². The maximum atomic E-state index is 15.0. The number of esters is 1. The second kappa shape index (κ2) is 9.51. The molecule has 1 unspecified atom stereocenters. The highest BCUT2D eigenvalue weighted by Crippen LogP contribution is 2.67. The third kappa shape index (κ3) is 5.26. The highest BCUT2D eigenvalue weighted by molar-refractivity contribution is 8.52. The lowest BCUT2D eigenvalue weighted by molar-refractivity contribution is -0.147. The van der Waals surface area contributed by atoms with Crippen molar-refractivity contribution in [3.05, 3.63) is 22.7 Å². The summed E-state index contributed by atoms with van der Waals surface area (Å²) in [6.07, 6.45) is -3.95. The third-order valence-electron chi connectivity index (χ3n) is 4.56. The molecule has 0 radical (unpaired) electrons. The fraction of sp³-hybridized carbons (Fsp3) is 0.688. The molecule has 0 aromatic carbocycles. The number of nitrogens with two attached hydrogens (primary N) is 1. The monoisotopic (exact) mass is 485 g/mol. The normalized spacial score (nSPS) is 30.5. The summed E-state index contributed by atoms with van der Waals surface area (Å²) in [5.41, 5.74) is 4.35. The van der Waals surface area contributed by atoms with Crippen LogP contribution in [0.2, 0.25) is 0 Å². The minimum atomic E-state index is -4.10. The molecule has 2 fully saturated rings. The lowest BCUT2D eigenvalue weighted by Crippen LogP contribution is -2.44. The molecule has 5 atom stereocenters. The zero-order chi connectivity index (χ0) is 22.8. The van der Waals surface area contributed by atoms with Crippen molar-refractivity contribution in [1.82, 2.24) is 9.55 Å². The molecule has 2 saturated heterocycles. The summed E-state index contributed by atoms with van der Waals surface area (Å²) >= 11 is 0.291.